The van der Waals surface area contributed by atoms with E-state index in [9.17, 15) is 9.90 Å². The van der Waals surface area contributed by atoms with Gasteiger partial charge in [-0.15, -0.1) is 0 Å². The van der Waals surface area contributed by atoms with Gasteiger partial charge in [0.05, 0.1) is 22.2 Å². The van der Waals surface area contributed by atoms with Crippen LogP contribution in [0.5, 0.6) is 11.5 Å². The van der Waals surface area contributed by atoms with E-state index in [4.69, 9.17) is 4.74 Å². The average Bonchev–Trinajstić information content (AvgIpc) is 3.09. The van der Waals surface area contributed by atoms with Crippen molar-refractivity contribution in [2.75, 3.05) is 6.61 Å². The number of nitrogens with zero attached hydrogens (tertiary/aromatic N) is 2. The third-order valence-corrected chi connectivity index (χ3v) is 5.01. The number of hydrogen-bond acceptors (Lipinski definition) is 5. The lowest BCUT2D eigenvalue weighted by Crippen LogP contribution is -2.22. The molecule has 126 valence electrons. The predicted molar refractivity (Wildman–Crippen MR) is 99.6 cm³/mol. The van der Waals surface area contributed by atoms with E-state index in [2.05, 4.69) is 4.98 Å². The first-order valence-electron chi connectivity index (χ1n) is 7.96. The minimum atomic E-state index is -0.0807. The van der Waals surface area contributed by atoms with Crippen LogP contribution in [0, 0.1) is 6.92 Å². The Kier molecular flexibility index (Phi) is 3.69. The Morgan fingerprint density at radius 2 is 2.16 bits per heavy atom. The van der Waals surface area contributed by atoms with Crippen molar-refractivity contribution in [1.82, 2.24) is 9.38 Å². The number of imidazole rings is 1. The first-order chi connectivity index (χ1) is 12.1. The number of benzene rings is 2. The third-order valence-electron chi connectivity index (χ3n) is 4.04. The molecule has 25 heavy (non-hydrogen) atoms. The monoisotopic (exact) mass is 352 g/mol. The maximum Gasteiger partial charge on any atom is 0.274 e. The second-order valence-electron chi connectivity index (χ2n) is 5.75. The Hall–Kier alpha value is -2.86. The summed E-state index contributed by atoms with van der Waals surface area (Å²) in [4.78, 5) is 18.1. The molecule has 0 bridgehead atoms. The van der Waals surface area contributed by atoms with Gasteiger partial charge in [0.25, 0.3) is 5.56 Å². The fourth-order valence-electron chi connectivity index (χ4n) is 2.92. The van der Waals surface area contributed by atoms with Crippen LogP contribution in [-0.2, 0) is 0 Å². The van der Waals surface area contributed by atoms with Crippen LogP contribution in [0.1, 0.15) is 18.1 Å². The second kappa shape index (κ2) is 5.89. The van der Waals surface area contributed by atoms with E-state index in [0.29, 0.717) is 21.8 Å². The highest BCUT2D eigenvalue weighted by molar-refractivity contribution is 7.15. The van der Waals surface area contributed by atoms with Crippen molar-refractivity contribution in [3.8, 4) is 11.5 Å². The second-order valence-corrected chi connectivity index (χ2v) is 6.76. The predicted octanol–water partition coefficient (Wildman–Crippen LogP) is 2.87. The number of phenols is 1. The smallest absolute Gasteiger partial charge is 0.274 e. The topological polar surface area (TPSA) is 63.8 Å². The van der Waals surface area contributed by atoms with Gasteiger partial charge in [0.15, 0.2) is 16.5 Å². The Morgan fingerprint density at radius 1 is 1.32 bits per heavy atom. The molecule has 0 saturated heterocycles. The van der Waals surface area contributed by atoms with Gasteiger partial charge in [-0.1, -0.05) is 29.5 Å². The number of ether oxygens (including phenoxy) is 1. The summed E-state index contributed by atoms with van der Waals surface area (Å²) in [5.74, 6) is 0.496. The Bertz CT molecular complexity index is 1210. The van der Waals surface area contributed by atoms with Gasteiger partial charge in [-0.25, -0.2) is 9.38 Å². The van der Waals surface area contributed by atoms with Crippen LogP contribution in [0.25, 0.3) is 22.1 Å². The highest BCUT2D eigenvalue weighted by Crippen LogP contribution is 2.27. The number of para-hydroxylation sites is 1. The summed E-state index contributed by atoms with van der Waals surface area (Å²) in [6, 6.07) is 10.9. The summed E-state index contributed by atoms with van der Waals surface area (Å²) in [6.45, 7) is 4.29. The number of hydrogen-bond donors (Lipinski definition) is 1. The largest absolute Gasteiger partial charge is 0.504 e. The fourth-order valence-corrected chi connectivity index (χ4v) is 3.90. The van der Waals surface area contributed by atoms with Crippen molar-refractivity contribution in [2.45, 2.75) is 13.8 Å². The molecule has 2 heterocycles. The van der Waals surface area contributed by atoms with Crippen molar-refractivity contribution in [1.29, 1.82) is 0 Å². The summed E-state index contributed by atoms with van der Waals surface area (Å²) in [5.41, 5.74) is 3.43. The van der Waals surface area contributed by atoms with Crippen LogP contribution < -0.4 is 14.8 Å². The summed E-state index contributed by atoms with van der Waals surface area (Å²) in [7, 11) is 0. The first kappa shape index (κ1) is 15.7. The molecule has 4 aromatic rings. The van der Waals surface area contributed by atoms with Crippen molar-refractivity contribution in [2.24, 2.45) is 0 Å². The van der Waals surface area contributed by atoms with Crippen LogP contribution in [0.2, 0.25) is 0 Å². The molecule has 0 spiro atoms. The molecule has 2 aromatic heterocycles. The molecule has 0 fully saturated rings. The zero-order chi connectivity index (χ0) is 17.6. The maximum atomic E-state index is 12.9. The maximum absolute atomic E-state index is 12.9. The molecule has 6 heteroatoms. The van der Waals surface area contributed by atoms with Crippen molar-refractivity contribution in [3.05, 3.63) is 62.4 Å². The lowest BCUT2D eigenvalue weighted by Gasteiger charge is -2.05. The summed E-state index contributed by atoms with van der Waals surface area (Å²) in [5, 5.41) is 9.80. The summed E-state index contributed by atoms with van der Waals surface area (Å²) < 4.78 is 7.67. The van der Waals surface area contributed by atoms with Gasteiger partial charge in [-0.2, -0.15) is 0 Å². The zero-order valence-corrected chi connectivity index (χ0v) is 14.6. The quantitative estimate of drug-likeness (QED) is 0.616. The molecule has 2 aromatic carbocycles. The van der Waals surface area contributed by atoms with Crippen molar-refractivity contribution < 1.29 is 9.84 Å². The van der Waals surface area contributed by atoms with E-state index in [-0.39, 0.29) is 11.3 Å². The molecule has 0 amide bonds. The molecule has 0 atom stereocenters. The van der Waals surface area contributed by atoms with Crippen LogP contribution >= 0.6 is 11.3 Å². The van der Waals surface area contributed by atoms with E-state index in [1.807, 2.05) is 32.0 Å². The molecule has 4 rings (SSSR count). The number of aromatic nitrogens is 2. The van der Waals surface area contributed by atoms with E-state index in [1.54, 1.807) is 28.7 Å². The van der Waals surface area contributed by atoms with E-state index >= 15 is 0 Å². The molecule has 5 nitrogen and oxygen atoms in total. The molecule has 0 aliphatic carbocycles. The van der Waals surface area contributed by atoms with Gasteiger partial charge in [-0.3, -0.25) is 4.79 Å². The Balaban J connectivity index is 1.93. The lowest BCUT2D eigenvalue weighted by atomic mass is 10.2. The Morgan fingerprint density at radius 3 is 2.96 bits per heavy atom. The molecular weight excluding hydrogens is 336 g/mol. The molecular formula is C19H16N2O3S. The van der Waals surface area contributed by atoms with Gasteiger partial charge in [-0.05, 0) is 49.2 Å². The highest BCUT2D eigenvalue weighted by Gasteiger charge is 2.12. The highest BCUT2D eigenvalue weighted by atomic mass is 32.1. The van der Waals surface area contributed by atoms with Crippen LogP contribution in [0.3, 0.4) is 0 Å². The first-order valence-corrected chi connectivity index (χ1v) is 8.78. The van der Waals surface area contributed by atoms with Crippen LogP contribution in [0.15, 0.2) is 41.2 Å². The van der Waals surface area contributed by atoms with Gasteiger partial charge >= 0.3 is 0 Å². The normalized spacial score (nSPS) is 12.3. The molecule has 1 N–H and O–H groups in total. The van der Waals surface area contributed by atoms with Gasteiger partial charge in [0, 0.05) is 0 Å². The van der Waals surface area contributed by atoms with Crippen LogP contribution in [-0.4, -0.2) is 21.1 Å². The SMILES string of the molecule is CCOc1cc(/C=c2\sc3nc4cccc(C)c4n3c2=O)ccc1O. The minimum absolute atomic E-state index is 0.0807. The Labute approximate surface area is 147 Å². The summed E-state index contributed by atoms with van der Waals surface area (Å²) >= 11 is 1.36. The third kappa shape index (κ3) is 2.55. The van der Waals surface area contributed by atoms with Crippen molar-refractivity contribution >= 4 is 33.4 Å². The number of rotatable bonds is 3. The van der Waals surface area contributed by atoms with E-state index < -0.39 is 0 Å². The molecule has 0 aliphatic heterocycles. The number of thiazole rings is 1. The minimum Gasteiger partial charge on any atom is -0.504 e. The molecule has 0 radical (unpaired) electrons. The average molecular weight is 352 g/mol. The summed E-state index contributed by atoms with van der Waals surface area (Å²) in [6.07, 6.45) is 1.80. The van der Waals surface area contributed by atoms with Gasteiger partial charge in [0.2, 0.25) is 0 Å². The number of aryl methyl sites for hydroxylation is 1. The van der Waals surface area contributed by atoms with Crippen LogP contribution in [0.4, 0.5) is 0 Å². The van der Waals surface area contributed by atoms with Crippen molar-refractivity contribution in [3.63, 3.8) is 0 Å². The molecule has 0 saturated carbocycles. The standard InChI is InChI=1S/C19H16N2O3S/c1-3-24-15-9-12(7-8-14(15)22)10-16-18(23)21-17-11(2)5-4-6-13(17)20-19(21)25-16/h4-10,22H,3H2,1-2H3/b16-10-. The van der Waals surface area contributed by atoms with E-state index in [1.165, 1.54) is 11.3 Å². The fraction of sp³-hybridized carbons (Fsp3) is 0.158. The molecule has 0 unspecified atom stereocenters. The lowest BCUT2D eigenvalue weighted by molar-refractivity contribution is 0.318. The number of phenolic OH excluding ortho intramolecular Hbond substituents is 1. The zero-order valence-electron chi connectivity index (χ0n) is 13.8. The number of aromatic hydroxyl groups is 1. The number of fused-ring (bicyclic) bond motifs is 3. The van der Waals surface area contributed by atoms with E-state index in [0.717, 1.165) is 22.2 Å². The van der Waals surface area contributed by atoms with Gasteiger partial charge in [0.1, 0.15) is 0 Å². The molecule has 0 aliphatic rings. The van der Waals surface area contributed by atoms with Gasteiger partial charge < -0.3 is 9.84 Å².